The van der Waals surface area contributed by atoms with Crippen LogP contribution in [0, 0.1) is 11.8 Å². The highest BCUT2D eigenvalue weighted by molar-refractivity contribution is 5.68. The van der Waals surface area contributed by atoms with Crippen LogP contribution in [-0.4, -0.2) is 28.3 Å². The Labute approximate surface area is 106 Å². The highest BCUT2D eigenvalue weighted by atomic mass is 16.6. The van der Waals surface area contributed by atoms with Gasteiger partial charge in [-0.15, -0.1) is 0 Å². The van der Waals surface area contributed by atoms with Gasteiger partial charge in [-0.1, -0.05) is 5.92 Å². The number of rotatable bonds is 1. The number of alkyl carbamates (subject to hydrolysis) is 1. The van der Waals surface area contributed by atoms with E-state index in [2.05, 4.69) is 22.1 Å². The molecule has 0 aliphatic rings. The summed E-state index contributed by atoms with van der Waals surface area (Å²) in [7, 11) is 0. The zero-order valence-electron chi connectivity index (χ0n) is 10.7. The van der Waals surface area contributed by atoms with Gasteiger partial charge in [0, 0.05) is 6.20 Å². The van der Waals surface area contributed by atoms with Crippen molar-refractivity contribution in [3.05, 3.63) is 24.0 Å². The molecule has 0 unspecified atom stereocenters. The number of aromatic hydroxyl groups is 1. The van der Waals surface area contributed by atoms with E-state index in [0.29, 0.717) is 0 Å². The summed E-state index contributed by atoms with van der Waals surface area (Å²) < 4.78 is 5.03. The molecule has 0 saturated carbocycles. The number of aromatic nitrogens is 1. The van der Waals surface area contributed by atoms with Gasteiger partial charge in [-0.3, -0.25) is 0 Å². The van der Waals surface area contributed by atoms with E-state index in [1.807, 2.05) is 0 Å². The van der Waals surface area contributed by atoms with E-state index in [0.717, 1.165) is 0 Å². The lowest BCUT2D eigenvalue weighted by Gasteiger charge is -2.18. The predicted molar refractivity (Wildman–Crippen MR) is 67.0 cm³/mol. The average molecular weight is 248 g/mol. The maximum Gasteiger partial charge on any atom is 0.408 e. The minimum Gasteiger partial charge on any atom is -0.505 e. The molecule has 0 spiro atoms. The first-order valence-electron chi connectivity index (χ1n) is 5.48. The monoisotopic (exact) mass is 248 g/mol. The molecule has 1 aromatic rings. The lowest BCUT2D eigenvalue weighted by Crippen LogP contribution is -2.32. The average Bonchev–Trinajstić information content (AvgIpc) is 2.24. The van der Waals surface area contributed by atoms with E-state index in [1.165, 1.54) is 12.3 Å². The van der Waals surface area contributed by atoms with Gasteiger partial charge < -0.3 is 15.2 Å². The van der Waals surface area contributed by atoms with Crippen molar-refractivity contribution in [3.8, 4) is 17.6 Å². The van der Waals surface area contributed by atoms with Crippen molar-refractivity contribution in [2.45, 2.75) is 26.4 Å². The molecule has 5 heteroatoms. The van der Waals surface area contributed by atoms with Crippen molar-refractivity contribution < 1.29 is 14.6 Å². The molecule has 0 aliphatic carbocycles. The number of hydrogen-bond acceptors (Lipinski definition) is 4. The van der Waals surface area contributed by atoms with Gasteiger partial charge >= 0.3 is 6.09 Å². The number of nitrogens with zero attached hydrogens (tertiary/aromatic N) is 1. The Bertz CT molecular complexity index is 481. The van der Waals surface area contributed by atoms with Gasteiger partial charge in [0.05, 0.1) is 6.54 Å². The maximum absolute atomic E-state index is 11.3. The quantitative estimate of drug-likeness (QED) is 0.741. The smallest absolute Gasteiger partial charge is 0.408 e. The number of nitrogens with one attached hydrogen (secondary N) is 1. The van der Waals surface area contributed by atoms with Crippen molar-refractivity contribution in [3.63, 3.8) is 0 Å². The summed E-state index contributed by atoms with van der Waals surface area (Å²) in [5.41, 5.74) is -0.250. The molecule has 0 radical (unpaired) electrons. The molecular formula is C13H16N2O3. The Balaban J connectivity index is 2.44. The molecule has 5 nitrogen and oxygen atoms in total. The predicted octanol–water partition coefficient (Wildman–Crippen LogP) is 1.66. The van der Waals surface area contributed by atoms with Crippen LogP contribution in [0.4, 0.5) is 4.79 Å². The van der Waals surface area contributed by atoms with E-state index in [-0.39, 0.29) is 18.0 Å². The largest absolute Gasteiger partial charge is 0.505 e. The molecule has 0 aromatic carbocycles. The second kappa shape index (κ2) is 5.92. The molecule has 0 fully saturated rings. The van der Waals surface area contributed by atoms with E-state index >= 15 is 0 Å². The molecule has 0 bridgehead atoms. The van der Waals surface area contributed by atoms with Crippen molar-refractivity contribution in [2.24, 2.45) is 0 Å². The summed E-state index contributed by atoms with van der Waals surface area (Å²) >= 11 is 0. The van der Waals surface area contributed by atoms with E-state index < -0.39 is 11.7 Å². The summed E-state index contributed by atoms with van der Waals surface area (Å²) in [5, 5.41) is 11.9. The Kier molecular flexibility index (Phi) is 4.55. The van der Waals surface area contributed by atoms with Crippen molar-refractivity contribution in [1.82, 2.24) is 10.3 Å². The fourth-order valence-corrected chi connectivity index (χ4v) is 1.05. The fraction of sp³-hybridized carbons (Fsp3) is 0.385. The molecule has 18 heavy (non-hydrogen) atoms. The topological polar surface area (TPSA) is 71.5 Å². The second-order valence-electron chi connectivity index (χ2n) is 4.53. The molecule has 0 aliphatic heterocycles. The molecule has 1 amide bonds. The van der Waals surface area contributed by atoms with Crippen LogP contribution in [0.25, 0.3) is 0 Å². The maximum atomic E-state index is 11.3. The van der Waals surface area contributed by atoms with Gasteiger partial charge in [-0.2, -0.15) is 0 Å². The zero-order valence-corrected chi connectivity index (χ0v) is 10.7. The van der Waals surface area contributed by atoms with Crippen LogP contribution in [0.15, 0.2) is 18.3 Å². The van der Waals surface area contributed by atoms with Crippen molar-refractivity contribution in [2.75, 3.05) is 6.54 Å². The summed E-state index contributed by atoms with van der Waals surface area (Å²) in [4.78, 5) is 15.2. The number of carbonyl (C=O) groups excluding carboxylic acids is 1. The standard InChI is InChI=1S/C13H16N2O3/c1-13(2,3)18-12(17)15-9-4-6-10-11(16)7-5-8-14-10/h5,7-8,16H,9H2,1-3H3,(H,15,17). The number of amides is 1. The van der Waals surface area contributed by atoms with E-state index in [4.69, 9.17) is 4.74 Å². The summed E-state index contributed by atoms with van der Waals surface area (Å²) in [5.74, 6) is 5.34. The van der Waals surface area contributed by atoms with Crippen LogP contribution < -0.4 is 5.32 Å². The van der Waals surface area contributed by atoms with Gasteiger partial charge in [0.15, 0.2) is 5.69 Å². The first-order chi connectivity index (χ1) is 8.38. The van der Waals surface area contributed by atoms with Crippen molar-refractivity contribution >= 4 is 6.09 Å². The van der Waals surface area contributed by atoms with Crippen LogP contribution in [0.5, 0.6) is 5.75 Å². The Morgan fingerprint density at radius 1 is 1.56 bits per heavy atom. The van der Waals surface area contributed by atoms with Crippen LogP contribution in [0.3, 0.4) is 0 Å². The molecular weight excluding hydrogens is 232 g/mol. The Morgan fingerprint density at radius 3 is 2.89 bits per heavy atom. The second-order valence-corrected chi connectivity index (χ2v) is 4.53. The van der Waals surface area contributed by atoms with Crippen LogP contribution in [-0.2, 0) is 4.74 Å². The molecule has 1 aromatic heterocycles. The van der Waals surface area contributed by atoms with Crippen LogP contribution in [0.1, 0.15) is 26.5 Å². The summed E-state index contributed by atoms with van der Waals surface area (Å²) in [6.45, 7) is 5.48. The highest BCUT2D eigenvalue weighted by Crippen LogP contribution is 2.10. The van der Waals surface area contributed by atoms with Gasteiger partial charge in [0.1, 0.15) is 11.4 Å². The van der Waals surface area contributed by atoms with E-state index in [1.54, 1.807) is 26.8 Å². The van der Waals surface area contributed by atoms with Crippen LogP contribution >= 0.6 is 0 Å². The Hall–Kier alpha value is -2.22. The first kappa shape index (κ1) is 13.8. The van der Waals surface area contributed by atoms with Gasteiger partial charge in [0.2, 0.25) is 0 Å². The third-order valence-electron chi connectivity index (χ3n) is 1.71. The molecule has 0 atom stereocenters. The fourth-order valence-electron chi connectivity index (χ4n) is 1.05. The number of hydrogen-bond donors (Lipinski definition) is 2. The summed E-state index contributed by atoms with van der Waals surface area (Å²) in [6, 6.07) is 3.11. The first-order valence-corrected chi connectivity index (χ1v) is 5.48. The molecule has 96 valence electrons. The number of pyridine rings is 1. The number of ether oxygens (including phenoxy) is 1. The molecule has 0 saturated heterocycles. The van der Waals surface area contributed by atoms with Crippen LogP contribution in [0.2, 0.25) is 0 Å². The SMILES string of the molecule is CC(C)(C)OC(=O)NCC#Cc1ncccc1O. The lowest BCUT2D eigenvalue weighted by atomic mass is 10.2. The molecule has 1 heterocycles. The summed E-state index contributed by atoms with van der Waals surface area (Å²) in [6.07, 6.45) is 1.01. The highest BCUT2D eigenvalue weighted by Gasteiger charge is 2.14. The zero-order chi connectivity index (χ0) is 13.6. The van der Waals surface area contributed by atoms with Crippen molar-refractivity contribution in [1.29, 1.82) is 0 Å². The van der Waals surface area contributed by atoms with E-state index in [9.17, 15) is 9.90 Å². The van der Waals surface area contributed by atoms with Gasteiger partial charge in [-0.25, -0.2) is 9.78 Å². The Morgan fingerprint density at radius 2 is 2.28 bits per heavy atom. The minimum absolute atomic E-state index is 0.0160. The third-order valence-corrected chi connectivity index (χ3v) is 1.71. The molecule has 1 rings (SSSR count). The minimum atomic E-state index is -0.531. The van der Waals surface area contributed by atoms with Gasteiger partial charge in [-0.05, 0) is 38.8 Å². The normalized spacial score (nSPS) is 10.2. The molecule has 2 N–H and O–H groups in total. The number of carbonyl (C=O) groups is 1. The van der Waals surface area contributed by atoms with Gasteiger partial charge in [0.25, 0.3) is 0 Å². The lowest BCUT2D eigenvalue weighted by molar-refractivity contribution is 0.0535. The third kappa shape index (κ3) is 5.21.